The van der Waals surface area contributed by atoms with Gasteiger partial charge in [-0.3, -0.25) is 4.79 Å². The monoisotopic (exact) mass is 495 g/mol. The zero-order valence-electron chi connectivity index (χ0n) is 18.7. The molecule has 0 radical (unpaired) electrons. The standard InChI is InChI=1S/C26H26ClN3O3S/c27-24-11-5-2-8-19(24)18-30-25(22-9-3-4-10-23(22)26(30)31)28-20-12-14-21(15-13-20)34(32,33)29-16-6-1-7-17-29/h2-5,8-15,25,28H,1,6-7,16-18H2/t25-/m0/s1. The predicted molar refractivity (Wildman–Crippen MR) is 133 cm³/mol. The van der Waals surface area contributed by atoms with Gasteiger partial charge < -0.3 is 10.2 Å². The highest BCUT2D eigenvalue weighted by Gasteiger charge is 2.36. The fourth-order valence-electron chi connectivity index (χ4n) is 4.63. The molecule has 0 aromatic heterocycles. The molecule has 2 aliphatic rings. The Morgan fingerprint density at radius 2 is 1.56 bits per heavy atom. The summed E-state index contributed by atoms with van der Waals surface area (Å²) in [5.41, 5.74) is 3.12. The van der Waals surface area contributed by atoms with E-state index in [9.17, 15) is 13.2 Å². The molecule has 0 bridgehead atoms. The number of nitrogens with one attached hydrogen (secondary N) is 1. The van der Waals surface area contributed by atoms with Crippen LogP contribution in [-0.4, -0.2) is 36.6 Å². The highest BCUT2D eigenvalue weighted by Crippen LogP contribution is 2.36. The van der Waals surface area contributed by atoms with Crippen LogP contribution in [0.2, 0.25) is 5.02 Å². The molecule has 0 spiro atoms. The first-order valence-corrected chi connectivity index (χ1v) is 13.3. The molecule has 176 valence electrons. The van der Waals surface area contributed by atoms with Crippen molar-refractivity contribution >= 4 is 33.2 Å². The van der Waals surface area contributed by atoms with Crippen LogP contribution in [0.4, 0.5) is 5.69 Å². The normalized spacial score (nSPS) is 18.7. The molecule has 1 saturated heterocycles. The van der Waals surface area contributed by atoms with E-state index in [2.05, 4.69) is 5.32 Å². The van der Waals surface area contributed by atoms with Gasteiger partial charge in [-0.15, -0.1) is 0 Å². The maximum absolute atomic E-state index is 13.2. The van der Waals surface area contributed by atoms with Crippen molar-refractivity contribution in [2.45, 2.75) is 36.9 Å². The van der Waals surface area contributed by atoms with Crippen LogP contribution in [0.25, 0.3) is 0 Å². The van der Waals surface area contributed by atoms with E-state index in [4.69, 9.17) is 11.6 Å². The fraction of sp³-hybridized carbons (Fsp3) is 0.269. The van der Waals surface area contributed by atoms with Crippen LogP contribution in [0.3, 0.4) is 0 Å². The molecular formula is C26H26ClN3O3S. The first kappa shape index (κ1) is 22.9. The molecule has 6 nitrogen and oxygen atoms in total. The van der Waals surface area contributed by atoms with Crippen molar-refractivity contribution in [3.8, 4) is 0 Å². The van der Waals surface area contributed by atoms with Gasteiger partial charge in [0.1, 0.15) is 6.17 Å². The average molecular weight is 496 g/mol. The summed E-state index contributed by atoms with van der Waals surface area (Å²) < 4.78 is 27.5. The highest BCUT2D eigenvalue weighted by atomic mass is 35.5. The molecule has 2 heterocycles. The first-order valence-electron chi connectivity index (χ1n) is 11.5. The molecule has 0 saturated carbocycles. The Labute approximate surface area is 205 Å². The van der Waals surface area contributed by atoms with Crippen LogP contribution >= 0.6 is 11.6 Å². The van der Waals surface area contributed by atoms with Gasteiger partial charge in [0.25, 0.3) is 5.91 Å². The van der Waals surface area contributed by atoms with Crippen molar-refractivity contribution in [1.82, 2.24) is 9.21 Å². The van der Waals surface area contributed by atoms with E-state index in [0.717, 1.165) is 36.1 Å². The van der Waals surface area contributed by atoms with E-state index in [1.807, 2.05) is 48.5 Å². The molecule has 34 heavy (non-hydrogen) atoms. The Morgan fingerprint density at radius 3 is 2.29 bits per heavy atom. The number of hydrogen-bond donors (Lipinski definition) is 1. The second-order valence-electron chi connectivity index (χ2n) is 8.65. The molecule has 0 aliphatic carbocycles. The number of sulfonamides is 1. The molecule has 1 N–H and O–H groups in total. The third kappa shape index (κ3) is 4.31. The molecule has 2 aliphatic heterocycles. The van der Waals surface area contributed by atoms with Gasteiger partial charge in [-0.1, -0.05) is 54.4 Å². The van der Waals surface area contributed by atoms with Gasteiger partial charge in [0.2, 0.25) is 10.0 Å². The van der Waals surface area contributed by atoms with Crippen molar-refractivity contribution in [3.05, 3.63) is 94.5 Å². The summed E-state index contributed by atoms with van der Waals surface area (Å²) in [4.78, 5) is 15.3. The van der Waals surface area contributed by atoms with E-state index >= 15 is 0 Å². The van der Waals surface area contributed by atoms with Crippen LogP contribution < -0.4 is 5.32 Å². The number of carbonyl (C=O) groups excluding carboxylic acids is 1. The van der Waals surface area contributed by atoms with E-state index in [0.29, 0.717) is 30.2 Å². The lowest BCUT2D eigenvalue weighted by Crippen LogP contribution is -2.35. The Morgan fingerprint density at radius 1 is 0.882 bits per heavy atom. The Hall–Kier alpha value is -2.87. The molecule has 3 aromatic carbocycles. The summed E-state index contributed by atoms with van der Waals surface area (Å²) in [6.45, 7) is 1.49. The molecule has 5 rings (SSSR count). The zero-order chi connectivity index (χ0) is 23.7. The van der Waals surface area contributed by atoms with E-state index in [-0.39, 0.29) is 10.8 Å². The van der Waals surface area contributed by atoms with Gasteiger partial charge in [0.05, 0.1) is 4.90 Å². The maximum Gasteiger partial charge on any atom is 0.256 e. The van der Waals surface area contributed by atoms with Gasteiger partial charge in [0.15, 0.2) is 0 Å². The third-order valence-electron chi connectivity index (χ3n) is 6.47. The lowest BCUT2D eigenvalue weighted by molar-refractivity contribution is 0.0729. The molecule has 3 aromatic rings. The van der Waals surface area contributed by atoms with Gasteiger partial charge >= 0.3 is 0 Å². The quantitative estimate of drug-likeness (QED) is 0.505. The van der Waals surface area contributed by atoms with Crippen molar-refractivity contribution in [1.29, 1.82) is 0 Å². The predicted octanol–water partition coefficient (Wildman–Crippen LogP) is 5.28. The molecule has 1 atom stereocenters. The summed E-state index contributed by atoms with van der Waals surface area (Å²) in [7, 11) is -3.49. The van der Waals surface area contributed by atoms with Crippen molar-refractivity contribution in [3.63, 3.8) is 0 Å². The van der Waals surface area contributed by atoms with E-state index in [1.54, 1.807) is 33.5 Å². The Bertz CT molecular complexity index is 1300. The molecule has 0 unspecified atom stereocenters. The van der Waals surface area contributed by atoms with Gasteiger partial charge in [-0.05, 0) is 54.8 Å². The fourth-order valence-corrected chi connectivity index (χ4v) is 6.35. The van der Waals surface area contributed by atoms with Crippen molar-refractivity contribution in [2.24, 2.45) is 0 Å². The van der Waals surface area contributed by atoms with Gasteiger partial charge in [-0.25, -0.2) is 8.42 Å². The summed E-state index contributed by atoms with van der Waals surface area (Å²) in [5, 5.41) is 4.04. The average Bonchev–Trinajstić information content (AvgIpc) is 3.12. The molecule has 1 fully saturated rings. The van der Waals surface area contributed by atoms with Crippen LogP contribution in [0.1, 0.15) is 46.9 Å². The Kier molecular flexibility index (Phi) is 6.34. The van der Waals surface area contributed by atoms with Gasteiger partial charge in [0, 0.05) is 41.5 Å². The summed E-state index contributed by atoms with van der Waals surface area (Å²) >= 11 is 6.37. The van der Waals surface area contributed by atoms with Crippen molar-refractivity contribution in [2.75, 3.05) is 18.4 Å². The van der Waals surface area contributed by atoms with E-state index in [1.165, 1.54) is 0 Å². The molecule has 8 heteroatoms. The lowest BCUT2D eigenvalue weighted by atomic mass is 10.1. The smallest absolute Gasteiger partial charge is 0.256 e. The second-order valence-corrected chi connectivity index (χ2v) is 11.0. The summed E-state index contributed by atoms with van der Waals surface area (Å²) in [6, 6.07) is 21.8. The lowest BCUT2D eigenvalue weighted by Gasteiger charge is -2.28. The van der Waals surface area contributed by atoms with Crippen molar-refractivity contribution < 1.29 is 13.2 Å². The largest absolute Gasteiger partial charge is 0.361 e. The van der Waals surface area contributed by atoms with Crippen LogP contribution in [0.5, 0.6) is 0 Å². The minimum Gasteiger partial charge on any atom is -0.361 e. The Balaban J connectivity index is 1.41. The highest BCUT2D eigenvalue weighted by molar-refractivity contribution is 7.89. The number of carbonyl (C=O) groups is 1. The number of benzene rings is 3. The number of halogens is 1. The number of amides is 1. The van der Waals surface area contributed by atoms with E-state index < -0.39 is 16.2 Å². The first-order chi connectivity index (χ1) is 16.4. The number of anilines is 1. The SMILES string of the molecule is O=C1c2ccccc2[C@@H](Nc2ccc(S(=O)(=O)N3CCCCC3)cc2)N1Cc1ccccc1Cl. The zero-order valence-corrected chi connectivity index (χ0v) is 20.2. The number of fused-ring (bicyclic) bond motifs is 1. The number of piperidine rings is 1. The number of nitrogens with zero attached hydrogens (tertiary/aromatic N) is 2. The van der Waals surface area contributed by atoms with Crippen LogP contribution in [0, 0.1) is 0 Å². The summed E-state index contributed by atoms with van der Waals surface area (Å²) in [5.74, 6) is -0.0719. The minimum absolute atomic E-state index is 0.0719. The topological polar surface area (TPSA) is 69.7 Å². The minimum atomic E-state index is -3.49. The maximum atomic E-state index is 13.2. The number of hydrogen-bond acceptors (Lipinski definition) is 4. The summed E-state index contributed by atoms with van der Waals surface area (Å²) in [6.07, 6.45) is 2.47. The number of rotatable bonds is 6. The van der Waals surface area contributed by atoms with Gasteiger partial charge in [-0.2, -0.15) is 4.31 Å². The molecule has 1 amide bonds. The molecular weight excluding hydrogens is 470 g/mol. The van der Waals surface area contributed by atoms with Crippen LogP contribution in [0.15, 0.2) is 77.7 Å². The van der Waals surface area contributed by atoms with Crippen LogP contribution in [-0.2, 0) is 16.6 Å². The second kappa shape index (κ2) is 9.41. The third-order valence-corrected chi connectivity index (χ3v) is 8.75.